The van der Waals surface area contributed by atoms with Gasteiger partial charge in [0.05, 0.1) is 10.6 Å². The van der Waals surface area contributed by atoms with Crippen molar-refractivity contribution in [1.82, 2.24) is 0 Å². The Balaban J connectivity index is 1.66. The molecule has 4 rings (SSSR count). The van der Waals surface area contributed by atoms with Crippen LogP contribution in [0.1, 0.15) is 42.7 Å². The number of aliphatic imine (C=N–C) groups is 1. The van der Waals surface area contributed by atoms with Crippen molar-refractivity contribution in [2.45, 2.75) is 37.0 Å². The standard InChI is InChI=1S/C19H17FN2O2/c20-16-10-13(7-8-18(16)22(23)24)14-4-3-9-19(11-14)12-21-17-6-2-1-5-15(17)19/h1-2,5-8,10,12,14H,3-4,9,11H2. The van der Waals surface area contributed by atoms with Gasteiger partial charge in [0.1, 0.15) is 0 Å². The molecule has 2 aromatic carbocycles. The van der Waals surface area contributed by atoms with Gasteiger partial charge >= 0.3 is 5.69 Å². The number of fused-ring (bicyclic) bond motifs is 2. The highest BCUT2D eigenvalue weighted by Crippen LogP contribution is 2.50. The zero-order valence-corrected chi connectivity index (χ0v) is 13.1. The van der Waals surface area contributed by atoms with Gasteiger partial charge in [-0.3, -0.25) is 15.1 Å². The van der Waals surface area contributed by atoms with Crippen LogP contribution in [0.15, 0.2) is 47.5 Å². The third-order valence-electron chi connectivity index (χ3n) is 5.32. The molecule has 1 heterocycles. The van der Waals surface area contributed by atoms with Gasteiger partial charge in [0.15, 0.2) is 0 Å². The third-order valence-corrected chi connectivity index (χ3v) is 5.32. The van der Waals surface area contributed by atoms with Crippen LogP contribution in [0.5, 0.6) is 0 Å². The maximum Gasteiger partial charge on any atom is 0.304 e. The lowest BCUT2D eigenvalue weighted by atomic mass is 9.65. The van der Waals surface area contributed by atoms with Crippen molar-refractivity contribution in [3.8, 4) is 0 Å². The normalized spacial score (nSPS) is 25.0. The Labute approximate surface area is 139 Å². The van der Waals surface area contributed by atoms with E-state index in [1.807, 2.05) is 24.4 Å². The summed E-state index contributed by atoms with van der Waals surface area (Å²) in [6, 6.07) is 12.5. The van der Waals surface area contributed by atoms with E-state index in [2.05, 4.69) is 11.1 Å². The molecule has 1 fully saturated rings. The fourth-order valence-electron chi connectivity index (χ4n) is 4.15. The molecule has 0 N–H and O–H groups in total. The lowest BCUT2D eigenvalue weighted by Crippen LogP contribution is -2.32. The molecule has 0 amide bonds. The lowest BCUT2D eigenvalue weighted by Gasteiger charge is -2.37. The average molecular weight is 324 g/mol. The second-order valence-electron chi connectivity index (χ2n) is 6.69. The Kier molecular flexibility index (Phi) is 3.44. The van der Waals surface area contributed by atoms with Crippen molar-refractivity contribution in [2.24, 2.45) is 4.99 Å². The summed E-state index contributed by atoms with van der Waals surface area (Å²) in [6.07, 6.45) is 5.95. The monoisotopic (exact) mass is 324 g/mol. The first-order chi connectivity index (χ1) is 11.6. The average Bonchev–Trinajstić information content (AvgIpc) is 2.93. The third kappa shape index (κ3) is 2.31. The van der Waals surface area contributed by atoms with E-state index in [1.54, 1.807) is 6.07 Å². The maximum atomic E-state index is 14.0. The van der Waals surface area contributed by atoms with Gasteiger partial charge in [-0.05, 0) is 48.4 Å². The topological polar surface area (TPSA) is 55.5 Å². The largest absolute Gasteiger partial charge is 0.304 e. The molecular weight excluding hydrogens is 307 g/mol. The minimum atomic E-state index is -0.752. The molecule has 1 aliphatic carbocycles. The number of benzene rings is 2. The molecule has 1 spiro atoms. The van der Waals surface area contributed by atoms with Crippen molar-refractivity contribution in [1.29, 1.82) is 0 Å². The summed E-state index contributed by atoms with van der Waals surface area (Å²) in [7, 11) is 0. The quantitative estimate of drug-likeness (QED) is 0.573. The molecule has 2 atom stereocenters. The first kappa shape index (κ1) is 15.0. The summed E-state index contributed by atoms with van der Waals surface area (Å²) in [5.41, 5.74) is 2.56. The van der Waals surface area contributed by atoms with Gasteiger partial charge in [0.2, 0.25) is 5.82 Å². The van der Waals surface area contributed by atoms with E-state index >= 15 is 0 Å². The van der Waals surface area contributed by atoms with Crippen LogP contribution >= 0.6 is 0 Å². The van der Waals surface area contributed by atoms with E-state index in [0.29, 0.717) is 0 Å². The molecular formula is C19H17FN2O2. The van der Waals surface area contributed by atoms with E-state index in [1.165, 1.54) is 17.7 Å². The van der Waals surface area contributed by atoms with Crippen LogP contribution in [0.4, 0.5) is 15.8 Å². The van der Waals surface area contributed by atoms with E-state index < -0.39 is 16.4 Å². The molecule has 0 radical (unpaired) electrons. The Morgan fingerprint density at radius 2 is 2.08 bits per heavy atom. The second-order valence-corrected chi connectivity index (χ2v) is 6.69. The summed E-state index contributed by atoms with van der Waals surface area (Å²) < 4.78 is 14.0. The Bertz CT molecular complexity index is 849. The molecule has 122 valence electrons. The highest BCUT2D eigenvalue weighted by Gasteiger charge is 2.41. The molecule has 0 saturated heterocycles. The zero-order valence-electron chi connectivity index (χ0n) is 13.1. The summed E-state index contributed by atoms with van der Waals surface area (Å²) in [5.74, 6) is -0.565. The Morgan fingerprint density at radius 3 is 2.88 bits per heavy atom. The van der Waals surface area contributed by atoms with E-state index in [9.17, 15) is 14.5 Å². The Hall–Kier alpha value is -2.56. The predicted octanol–water partition coefficient (Wildman–Crippen LogP) is 5.05. The molecule has 0 aromatic heterocycles. The van der Waals surface area contributed by atoms with Gasteiger partial charge in [-0.1, -0.05) is 30.7 Å². The van der Waals surface area contributed by atoms with Gasteiger partial charge in [0, 0.05) is 17.7 Å². The van der Waals surface area contributed by atoms with Crippen LogP contribution in [0.3, 0.4) is 0 Å². The molecule has 0 bridgehead atoms. The number of nitro benzene ring substituents is 1. The second kappa shape index (κ2) is 5.51. The molecule has 4 nitrogen and oxygen atoms in total. The van der Waals surface area contributed by atoms with Gasteiger partial charge < -0.3 is 0 Å². The number of nitro groups is 1. The van der Waals surface area contributed by atoms with Gasteiger partial charge in [-0.2, -0.15) is 4.39 Å². The molecule has 1 aliphatic heterocycles. The van der Waals surface area contributed by atoms with Crippen molar-refractivity contribution in [3.05, 3.63) is 69.5 Å². The molecule has 5 heteroatoms. The number of halogens is 1. The number of rotatable bonds is 2. The van der Waals surface area contributed by atoms with Crippen molar-refractivity contribution in [2.75, 3.05) is 0 Å². The minimum Gasteiger partial charge on any atom is -0.260 e. The predicted molar refractivity (Wildman–Crippen MR) is 90.5 cm³/mol. The SMILES string of the molecule is O=[N+]([O-])c1ccc(C2CCCC3(C=Nc4ccccc43)C2)cc1F. The fraction of sp³-hybridized carbons (Fsp3) is 0.316. The van der Waals surface area contributed by atoms with E-state index in [-0.39, 0.29) is 11.3 Å². The summed E-state index contributed by atoms with van der Waals surface area (Å²) in [6.45, 7) is 0. The number of para-hydroxylation sites is 1. The molecule has 2 aliphatic rings. The van der Waals surface area contributed by atoms with Crippen LogP contribution in [0.2, 0.25) is 0 Å². The van der Waals surface area contributed by atoms with Crippen LogP contribution < -0.4 is 0 Å². The minimum absolute atomic E-state index is 0.0856. The number of hydrogen-bond acceptors (Lipinski definition) is 3. The van der Waals surface area contributed by atoms with Crippen molar-refractivity contribution >= 4 is 17.6 Å². The number of hydrogen-bond donors (Lipinski definition) is 0. The van der Waals surface area contributed by atoms with Crippen LogP contribution in [0, 0.1) is 15.9 Å². The van der Waals surface area contributed by atoms with Gasteiger partial charge in [0.25, 0.3) is 0 Å². The van der Waals surface area contributed by atoms with Crippen molar-refractivity contribution < 1.29 is 9.31 Å². The summed E-state index contributed by atoms with van der Waals surface area (Å²) in [5, 5.41) is 10.8. The highest BCUT2D eigenvalue weighted by molar-refractivity contribution is 5.85. The van der Waals surface area contributed by atoms with Crippen LogP contribution in [-0.4, -0.2) is 11.1 Å². The van der Waals surface area contributed by atoms with E-state index in [0.717, 1.165) is 36.9 Å². The summed E-state index contributed by atoms with van der Waals surface area (Å²) in [4.78, 5) is 14.7. The lowest BCUT2D eigenvalue weighted by molar-refractivity contribution is -0.387. The van der Waals surface area contributed by atoms with E-state index in [4.69, 9.17) is 0 Å². The molecule has 24 heavy (non-hydrogen) atoms. The molecule has 2 unspecified atom stereocenters. The number of nitrogens with zero attached hydrogens (tertiary/aromatic N) is 2. The smallest absolute Gasteiger partial charge is 0.260 e. The summed E-state index contributed by atoms with van der Waals surface area (Å²) >= 11 is 0. The fourth-order valence-corrected chi connectivity index (χ4v) is 4.15. The zero-order chi connectivity index (χ0) is 16.7. The maximum absolute atomic E-state index is 14.0. The van der Waals surface area contributed by atoms with Crippen molar-refractivity contribution in [3.63, 3.8) is 0 Å². The Morgan fingerprint density at radius 1 is 1.25 bits per heavy atom. The molecule has 2 aromatic rings. The van der Waals surface area contributed by atoms with Crippen LogP contribution in [0.25, 0.3) is 0 Å². The highest BCUT2D eigenvalue weighted by atomic mass is 19.1. The van der Waals surface area contributed by atoms with Gasteiger partial charge in [-0.15, -0.1) is 0 Å². The molecule has 1 saturated carbocycles. The van der Waals surface area contributed by atoms with Gasteiger partial charge in [-0.25, -0.2) is 0 Å². The first-order valence-electron chi connectivity index (χ1n) is 8.18. The first-order valence-corrected chi connectivity index (χ1v) is 8.18. The van der Waals surface area contributed by atoms with Crippen LogP contribution in [-0.2, 0) is 5.41 Å².